The molecule has 5 heteroatoms. The first-order valence-corrected chi connectivity index (χ1v) is 7.08. The summed E-state index contributed by atoms with van der Waals surface area (Å²) in [5, 5.41) is 13.6. The van der Waals surface area contributed by atoms with Gasteiger partial charge in [0.1, 0.15) is 5.82 Å². The standard InChI is InChI=1S/C16H19FN2O2/c1-3-14-13(9-16(20)21)15(4-2)19(18-14)10-11-6-5-7-12(17)8-11/h5-8H,3-4,9-10H2,1-2H3,(H,20,21). The lowest BCUT2D eigenvalue weighted by atomic mass is 10.1. The van der Waals surface area contributed by atoms with E-state index in [4.69, 9.17) is 5.11 Å². The number of hydrogen-bond donors (Lipinski definition) is 1. The molecule has 0 aliphatic carbocycles. The minimum atomic E-state index is -0.857. The Morgan fingerprint density at radius 3 is 2.67 bits per heavy atom. The Labute approximate surface area is 123 Å². The highest BCUT2D eigenvalue weighted by molar-refractivity contribution is 5.71. The van der Waals surface area contributed by atoms with Crippen LogP contribution in [0.25, 0.3) is 0 Å². The highest BCUT2D eigenvalue weighted by Crippen LogP contribution is 2.19. The first-order chi connectivity index (χ1) is 10.0. The van der Waals surface area contributed by atoms with Crippen LogP contribution in [-0.2, 0) is 30.6 Å². The van der Waals surface area contributed by atoms with Crippen LogP contribution in [0.4, 0.5) is 4.39 Å². The topological polar surface area (TPSA) is 55.1 Å². The summed E-state index contributed by atoms with van der Waals surface area (Å²) < 4.78 is 15.1. The van der Waals surface area contributed by atoms with Crippen molar-refractivity contribution in [3.05, 3.63) is 52.6 Å². The van der Waals surface area contributed by atoms with Gasteiger partial charge in [0, 0.05) is 11.3 Å². The minimum Gasteiger partial charge on any atom is -0.481 e. The third-order valence-electron chi connectivity index (χ3n) is 3.47. The van der Waals surface area contributed by atoms with Crippen molar-refractivity contribution in [3.63, 3.8) is 0 Å². The van der Waals surface area contributed by atoms with E-state index in [0.717, 1.165) is 22.5 Å². The van der Waals surface area contributed by atoms with E-state index < -0.39 is 5.97 Å². The Morgan fingerprint density at radius 1 is 1.33 bits per heavy atom. The van der Waals surface area contributed by atoms with Crippen LogP contribution in [0, 0.1) is 5.82 Å². The molecule has 0 spiro atoms. The maximum Gasteiger partial charge on any atom is 0.307 e. The molecule has 2 rings (SSSR count). The van der Waals surface area contributed by atoms with Crippen LogP contribution in [0.1, 0.15) is 36.4 Å². The van der Waals surface area contributed by atoms with Crippen molar-refractivity contribution >= 4 is 5.97 Å². The van der Waals surface area contributed by atoms with Gasteiger partial charge in [-0.05, 0) is 30.5 Å². The van der Waals surface area contributed by atoms with E-state index in [0.29, 0.717) is 19.4 Å². The van der Waals surface area contributed by atoms with Gasteiger partial charge in [0.05, 0.1) is 18.7 Å². The van der Waals surface area contributed by atoms with E-state index in [1.165, 1.54) is 12.1 Å². The lowest BCUT2D eigenvalue weighted by Gasteiger charge is -2.07. The molecule has 1 aromatic carbocycles. The highest BCUT2D eigenvalue weighted by atomic mass is 19.1. The molecule has 0 unspecified atom stereocenters. The summed E-state index contributed by atoms with van der Waals surface area (Å²) in [4.78, 5) is 11.0. The van der Waals surface area contributed by atoms with Gasteiger partial charge in [0.2, 0.25) is 0 Å². The summed E-state index contributed by atoms with van der Waals surface area (Å²) in [5.74, 6) is -1.14. The molecule has 1 N–H and O–H groups in total. The van der Waals surface area contributed by atoms with Gasteiger partial charge in [-0.1, -0.05) is 26.0 Å². The van der Waals surface area contributed by atoms with Crippen LogP contribution in [0.3, 0.4) is 0 Å². The zero-order chi connectivity index (χ0) is 15.4. The van der Waals surface area contributed by atoms with Crippen molar-refractivity contribution < 1.29 is 14.3 Å². The van der Waals surface area contributed by atoms with Crippen LogP contribution < -0.4 is 0 Å². The summed E-state index contributed by atoms with van der Waals surface area (Å²) in [5.41, 5.74) is 3.34. The van der Waals surface area contributed by atoms with E-state index >= 15 is 0 Å². The Morgan fingerprint density at radius 2 is 2.10 bits per heavy atom. The number of carboxylic acid groups (broad SMARTS) is 1. The second-order valence-corrected chi connectivity index (χ2v) is 4.94. The largest absolute Gasteiger partial charge is 0.481 e. The molecule has 0 bridgehead atoms. The molecule has 0 radical (unpaired) electrons. The zero-order valence-electron chi connectivity index (χ0n) is 12.3. The summed E-state index contributed by atoms with van der Waals surface area (Å²) in [6.07, 6.45) is 1.37. The van der Waals surface area contributed by atoms with Crippen molar-refractivity contribution in [2.75, 3.05) is 0 Å². The molecule has 1 heterocycles. The molecule has 4 nitrogen and oxygen atoms in total. The fourth-order valence-corrected chi connectivity index (χ4v) is 2.56. The molecule has 2 aromatic rings. The van der Waals surface area contributed by atoms with Crippen LogP contribution in [0.15, 0.2) is 24.3 Å². The molecule has 0 aliphatic rings. The SMILES string of the molecule is CCc1nn(Cc2cccc(F)c2)c(CC)c1CC(=O)O. The number of aliphatic carboxylic acids is 1. The number of hydrogen-bond acceptors (Lipinski definition) is 2. The molecule has 0 fully saturated rings. The second-order valence-electron chi connectivity index (χ2n) is 4.94. The maximum absolute atomic E-state index is 13.3. The normalized spacial score (nSPS) is 10.8. The number of carbonyl (C=O) groups is 1. The molecule has 0 amide bonds. The van der Waals surface area contributed by atoms with Crippen LogP contribution in [0.5, 0.6) is 0 Å². The van der Waals surface area contributed by atoms with Crippen molar-refractivity contribution in [2.24, 2.45) is 0 Å². The van der Waals surface area contributed by atoms with Gasteiger partial charge < -0.3 is 5.11 Å². The van der Waals surface area contributed by atoms with Gasteiger partial charge in [-0.3, -0.25) is 9.48 Å². The molecule has 0 atom stereocenters. The summed E-state index contributed by atoms with van der Waals surface area (Å²) in [7, 11) is 0. The van der Waals surface area contributed by atoms with Crippen molar-refractivity contribution in [1.29, 1.82) is 0 Å². The van der Waals surface area contributed by atoms with E-state index in [9.17, 15) is 9.18 Å². The molecule has 112 valence electrons. The van der Waals surface area contributed by atoms with E-state index in [2.05, 4.69) is 5.10 Å². The molecule has 0 aliphatic heterocycles. The fourth-order valence-electron chi connectivity index (χ4n) is 2.56. The Balaban J connectivity index is 2.39. The Bertz CT molecular complexity index is 650. The second kappa shape index (κ2) is 6.52. The summed E-state index contributed by atoms with van der Waals surface area (Å²) in [6, 6.07) is 6.38. The van der Waals surface area contributed by atoms with Gasteiger partial charge in [-0.15, -0.1) is 0 Å². The van der Waals surface area contributed by atoms with Gasteiger partial charge in [-0.25, -0.2) is 4.39 Å². The third kappa shape index (κ3) is 3.48. The summed E-state index contributed by atoms with van der Waals surface area (Å²) >= 11 is 0. The number of nitrogens with zero attached hydrogens (tertiary/aromatic N) is 2. The number of aromatic nitrogens is 2. The smallest absolute Gasteiger partial charge is 0.307 e. The first-order valence-electron chi connectivity index (χ1n) is 7.08. The predicted molar refractivity (Wildman–Crippen MR) is 77.8 cm³/mol. The van der Waals surface area contributed by atoms with Crippen LogP contribution in [-0.4, -0.2) is 20.9 Å². The van der Waals surface area contributed by atoms with E-state index in [-0.39, 0.29) is 12.2 Å². The lowest BCUT2D eigenvalue weighted by Crippen LogP contribution is -2.08. The van der Waals surface area contributed by atoms with Crippen molar-refractivity contribution in [2.45, 2.75) is 39.7 Å². The third-order valence-corrected chi connectivity index (χ3v) is 3.47. The van der Waals surface area contributed by atoms with E-state index in [1.54, 1.807) is 10.7 Å². The Hall–Kier alpha value is -2.17. The van der Waals surface area contributed by atoms with E-state index in [1.807, 2.05) is 19.9 Å². The molecular weight excluding hydrogens is 271 g/mol. The number of carboxylic acids is 1. The average molecular weight is 290 g/mol. The zero-order valence-corrected chi connectivity index (χ0v) is 12.3. The van der Waals surface area contributed by atoms with Gasteiger partial charge in [0.25, 0.3) is 0 Å². The van der Waals surface area contributed by atoms with Crippen LogP contribution in [0.2, 0.25) is 0 Å². The van der Waals surface area contributed by atoms with Gasteiger partial charge >= 0.3 is 5.97 Å². The number of aryl methyl sites for hydroxylation is 1. The quantitative estimate of drug-likeness (QED) is 0.890. The van der Waals surface area contributed by atoms with Crippen molar-refractivity contribution in [3.8, 4) is 0 Å². The van der Waals surface area contributed by atoms with Gasteiger partial charge in [0.15, 0.2) is 0 Å². The average Bonchev–Trinajstić information content (AvgIpc) is 2.75. The molecule has 0 saturated heterocycles. The van der Waals surface area contributed by atoms with Gasteiger partial charge in [-0.2, -0.15) is 5.10 Å². The Kier molecular flexibility index (Phi) is 4.73. The number of benzene rings is 1. The molecular formula is C16H19FN2O2. The monoisotopic (exact) mass is 290 g/mol. The molecule has 1 aromatic heterocycles. The highest BCUT2D eigenvalue weighted by Gasteiger charge is 2.18. The summed E-state index contributed by atoms with van der Waals surface area (Å²) in [6.45, 7) is 4.39. The fraction of sp³-hybridized carbons (Fsp3) is 0.375. The lowest BCUT2D eigenvalue weighted by molar-refractivity contribution is -0.136. The molecule has 21 heavy (non-hydrogen) atoms. The van der Waals surface area contributed by atoms with Crippen molar-refractivity contribution in [1.82, 2.24) is 9.78 Å². The maximum atomic E-state index is 13.3. The number of halogens is 1. The first kappa shape index (κ1) is 15.2. The minimum absolute atomic E-state index is 0.0184. The van der Waals surface area contributed by atoms with Crippen LogP contribution >= 0.6 is 0 Å². The molecule has 0 saturated carbocycles. The number of rotatable bonds is 6. The predicted octanol–water partition coefficient (Wildman–Crippen LogP) is 2.82.